The Kier molecular flexibility index (Phi) is 5.43. The van der Waals surface area contributed by atoms with Crippen molar-refractivity contribution in [3.63, 3.8) is 0 Å². The first-order valence-corrected chi connectivity index (χ1v) is 10.5. The van der Waals surface area contributed by atoms with Crippen LogP contribution in [-0.4, -0.2) is 54.7 Å². The van der Waals surface area contributed by atoms with Gasteiger partial charge in [-0.05, 0) is 25.5 Å². The molecule has 0 spiro atoms. The highest BCUT2D eigenvalue weighted by atomic mass is 35.5. The van der Waals surface area contributed by atoms with E-state index >= 15 is 0 Å². The van der Waals surface area contributed by atoms with E-state index in [2.05, 4.69) is 4.98 Å². The van der Waals surface area contributed by atoms with Crippen LogP contribution in [0.2, 0.25) is 4.47 Å². The molecule has 0 unspecified atom stereocenters. The van der Waals surface area contributed by atoms with E-state index in [1.54, 1.807) is 42.2 Å². The van der Waals surface area contributed by atoms with Gasteiger partial charge >= 0.3 is 0 Å². The number of aryl methyl sites for hydroxylation is 1. The Labute approximate surface area is 156 Å². The average molecular weight is 400 g/mol. The van der Waals surface area contributed by atoms with Gasteiger partial charge in [0.25, 0.3) is 5.91 Å². The summed E-state index contributed by atoms with van der Waals surface area (Å²) in [7, 11) is -3.54. The molecule has 2 heterocycles. The molecule has 0 saturated carbocycles. The molecule has 6 nitrogen and oxygen atoms in total. The summed E-state index contributed by atoms with van der Waals surface area (Å²) in [5.41, 5.74) is 0.609. The van der Waals surface area contributed by atoms with Crippen LogP contribution in [0.1, 0.15) is 21.8 Å². The van der Waals surface area contributed by atoms with Crippen LogP contribution in [0.5, 0.6) is 0 Å². The van der Waals surface area contributed by atoms with Crippen molar-refractivity contribution >= 4 is 38.9 Å². The van der Waals surface area contributed by atoms with E-state index in [1.807, 2.05) is 0 Å². The zero-order valence-electron chi connectivity index (χ0n) is 13.7. The van der Waals surface area contributed by atoms with Crippen molar-refractivity contribution in [3.8, 4) is 0 Å². The van der Waals surface area contributed by atoms with Crippen LogP contribution in [0.15, 0.2) is 35.2 Å². The van der Waals surface area contributed by atoms with Crippen LogP contribution >= 0.6 is 22.9 Å². The fourth-order valence-corrected chi connectivity index (χ4v) is 5.39. The van der Waals surface area contributed by atoms with Gasteiger partial charge in [0, 0.05) is 26.2 Å². The lowest BCUT2D eigenvalue weighted by Gasteiger charge is -2.21. The van der Waals surface area contributed by atoms with E-state index in [0.29, 0.717) is 41.1 Å². The van der Waals surface area contributed by atoms with Gasteiger partial charge in [-0.3, -0.25) is 4.79 Å². The molecule has 1 aliphatic heterocycles. The van der Waals surface area contributed by atoms with E-state index in [1.165, 1.54) is 4.31 Å². The van der Waals surface area contributed by atoms with Gasteiger partial charge in [-0.2, -0.15) is 4.31 Å². The van der Waals surface area contributed by atoms with Crippen LogP contribution in [-0.2, 0) is 10.0 Å². The Balaban J connectivity index is 1.74. The average Bonchev–Trinajstić information content (AvgIpc) is 2.79. The summed E-state index contributed by atoms with van der Waals surface area (Å²) in [6.07, 6.45) is 0.587. The summed E-state index contributed by atoms with van der Waals surface area (Å²) in [4.78, 5) is 19.2. The van der Waals surface area contributed by atoms with E-state index in [0.717, 1.165) is 11.3 Å². The molecule has 25 heavy (non-hydrogen) atoms. The second-order valence-corrected chi connectivity index (χ2v) is 9.26. The summed E-state index contributed by atoms with van der Waals surface area (Å²) in [5.74, 6) is -0.138. The number of sulfonamides is 1. The first kappa shape index (κ1) is 18.3. The van der Waals surface area contributed by atoms with Gasteiger partial charge in [0.1, 0.15) is 4.88 Å². The highest BCUT2D eigenvalue weighted by molar-refractivity contribution is 7.89. The van der Waals surface area contributed by atoms with E-state index in [9.17, 15) is 13.2 Å². The molecule has 2 aromatic rings. The number of benzene rings is 1. The molecule has 1 aliphatic rings. The van der Waals surface area contributed by atoms with Crippen molar-refractivity contribution in [3.05, 3.63) is 45.4 Å². The minimum absolute atomic E-state index is 0.138. The number of amides is 1. The largest absolute Gasteiger partial charge is 0.337 e. The summed E-state index contributed by atoms with van der Waals surface area (Å²) in [6.45, 7) is 3.27. The molecule has 134 valence electrons. The zero-order chi connectivity index (χ0) is 18.0. The Bertz CT molecular complexity index is 868. The van der Waals surface area contributed by atoms with Crippen LogP contribution in [0.25, 0.3) is 0 Å². The fourth-order valence-electron chi connectivity index (χ4n) is 2.78. The van der Waals surface area contributed by atoms with Crippen LogP contribution in [0.4, 0.5) is 0 Å². The van der Waals surface area contributed by atoms with Gasteiger partial charge in [0.05, 0.1) is 10.6 Å². The molecule has 0 radical (unpaired) electrons. The highest BCUT2D eigenvalue weighted by Gasteiger charge is 2.29. The third-order valence-electron chi connectivity index (χ3n) is 4.09. The van der Waals surface area contributed by atoms with Crippen molar-refractivity contribution in [2.75, 3.05) is 26.2 Å². The smallest absolute Gasteiger partial charge is 0.265 e. The molecule has 1 saturated heterocycles. The van der Waals surface area contributed by atoms with Crippen LogP contribution in [0.3, 0.4) is 0 Å². The number of carbonyl (C=O) groups excluding carboxylic acids is 1. The maximum Gasteiger partial charge on any atom is 0.265 e. The number of rotatable bonds is 3. The standard InChI is InChI=1S/C16H18ClN3O3S2/c1-12-14(24-16(17)18-12)15(21)19-8-5-9-20(11-10-19)25(22,23)13-6-3-2-4-7-13/h2-4,6-7H,5,8-11H2,1H3. The first-order valence-electron chi connectivity index (χ1n) is 7.87. The number of halogens is 1. The molecular weight excluding hydrogens is 382 g/mol. The molecule has 0 atom stereocenters. The lowest BCUT2D eigenvalue weighted by atomic mass is 10.3. The normalized spacial score (nSPS) is 16.6. The number of thiazole rings is 1. The van der Waals surface area contributed by atoms with Crippen molar-refractivity contribution < 1.29 is 13.2 Å². The summed E-state index contributed by atoms with van der Waals surface area (Å²) < 4.78 is 27.3. The molecule has 1 fully saturated rings. The highest BCUT2D eigenvalue weighted by Crippen LogP contribution is 2.25. The minimum atomic E-state index is -3.54. The van der Waals surface area contributed by atoms with Crippen molar-refractivity contribution in [2.24, 2.45) is 0 Å². The second kappa shape index (κ2) is 7.41. The number of nitrogens with zero attached hydrogens (tertiary/aromatic N) is 3. The topological polar surface area (TPSA) is 70.6 Å². The predicted molar refractivity (Wildman–Crippen MR) is 97.6 cm³/mol. The fraction of sp³-hybridized carbons (Fsp3) is 0.375. The molecule has 9 heteroatoms. The third kappa shape index (κ3) is 3.87. The van der Waals surface area contributed by atoms with Crippen LogP contribution < -0.4 is 0 Å². The Morgan fingerprint density at radius 1 is 1.16 bits per heavy atom. The molecule has 1 aromatic heterocycles. The minimum Gasteiger partial charge on any atom is -0.337 e. The third-order valence-corrected chi connectivity index (χ3v) is 7.25. The first-order chi connectivity index (χ1) is 11.9. The molecule has 0 aliphatic carbocycles. The summed E-state index contributed by atoms with van der Waals surface area (Å²) >= 11 is 7.04. The Morgan fingerprint density at radius 3 is 2.52 bits per heavy atom. The lowest BCUT2D eigenvalue weighted by molar-refractivity contribution is 0.0768. The van der Waals surface area contributed by atoms with E-state index in [-0.39, 0.29) is 17.3 Å². The maximum absolute atomic E-state index is 12.7. The Morgan fingerprint density at radius 2 is 1.88 bits per heavy atom. The van der Waals surface area contributed by atoms with Gasteiger partial charge in [-0.25, -0.2) is 13.4 Å². The van der Waals surface area contributed by atoms with Gasteiger partial charge < -0.3 is 4.90 Å². The maximum atomic E-state index is 12.7. The van der Waals surface area contributed by atoms with Gasteiger partial charge in [-0.1, -0.05) is 41.1 Å². The second-order valence-electron chi connectivity index (χ2n) is 5.74. The van der Waals surface area contributed by atoms with E-state index in [4.69, 9.17) is 11.6 Å². The zero-order valence-corrected chi connectivity index (χ0v) is 16.1. The molecule has 0 N–H and O–H groups in total. The summed E-state index contributed by atoms with van der Waals surface area (Å²) in [6, 6.07) is 8.37. The van der Waals surface area contributed by atoms with Gasteiger partial charge in [0.2, 0.25) is 10.0 Å². The lowest BCUT2D eigenvalue weighted by Crippen LogP contribution is -2.37. The monoisotopic (exact) mass is 399 g/mol. The van der Waals surface area contributed by atoms with Crippen LogP contribution in [0, 0.1) is 6.92 Å². The number of hydrogen-bond donors (Lipinski definition) is 0. The number of carbonyl (C=O) groups is 1. The predicted octanol–water partition coefficient (Wildman–Crippen LogP) is 2.64. The SMILES string of the molecule is Cc1nc(Cl)sc1C(=O)N1CCCN(S(=O)(=O)c2ccccc2)CC1. The molecule has 1 aromatic carbocycles. The van der Waals surface area contributed by atoms with Crippen molar-refractivity contribution in [1.82, 2.24) is 14.2 Å². The number of aromatic nitrogens is 1. The Hall–Kier alpha value is -1.48. The number of hydrogen-bond acceptors (Lipinski definition) is 5. The van der Waals surface area contributed by atoms with Crippen molar-refractivity contribution in [1.29, 1.82) is 0 Å². The van der Waals surface area contributed by atoms with Gasteiger partial charge in [0.15, 0.2) is 4.47 Å². The molecule has 0 bridgehead atoms. The van der Waals surface area contributed by atoms with Gasteiger partial charge in [-0.15, -0.1) is 0 Å². The van der Waals surface area contributed by atoms with Crippen molar-refractivity contribution in [2.45, 2.75) is 18.2 Å². The molecule has 1 amide bonds. The quantitative estimate of drug-likeness (QED) is 0.795. The molecular formula is C16H18ClN3O3S2. The van der Waals surface area contributed by atoms with E-state index < -0.39 is 10.0 Å². The molecule has 3 rings (SSSR count). The summed E-state index contributed by atoms with van der Waals surface area (Å²) in [5, 5.41) is 0.